The summed E-state index contributed by atoms with van der Waals surface area (Å²) in [7, 11) is -0.644. The van der Waals surface area contributed by atoms with Crippen molar-refractivity contribution >= 4 is 10.8 Å². The summed E-state index contributed by atoms with van der Waals surface area (Å²) in [6, 6.07) is 0.601. The molecule has 3 unspecified atom stereocenters. The van der Waals surface area contributed by atoms with Gasteiger partial charge in [0.1, 0.15) is 0 Å². The van der Waals surface area contributed by atoms with E-state index < -0.39 is 10.8 Å². The molecule has 0 radical (unpaired) electrons. The van der Waals surface area contributed by atoms with E-state index in [2.05, 4.69) is 12.2 Å². The Morgan fingerprint density at radius 1 is 1.57 bits per heavy atom. The molecule has 0 aromatic carbocycles. The van der Waals surface area contributed by atoms with E-state index in [0.717, 1.165) is 38.2 Å². The summed E-state index contributed by atoms with van der Waals surface area (Å²) in [4.78, 5) is 0. The zero-order valence-electron chi connectivity index (χ0n) is 9.12. The van der Waals surface area contributed by atoms with Gasteiger partial charge < -0.3 is 10.1 Å². The maximum absolute atomic E-state index is 10.8. The first-order chi connectivity index (χ1) is 6.68. The van der Waals surface area contributed by atoms with Gasteiger partial charge in [-0.05, 0) is 32.7 Å². The van der Waals surface area contributed by atoms with Gasteiger partial charge in [0.25, 0.3) is 0 Å². The van der Waals surface area contributed by atoms with Gasteiger partial charge in [-0.1, -0.05) is 0 Å². The van der Waals surface area contributed by atoms with E-state index in [4.69, 9.17) is 4.74 Å². The molecule has 0 aromatic heterocycles. The Morgan fingerprint density at radius 2 is 2.36 bits per heavy atom. The van der Waals surface area contributed by atoms with E-state index in [1.165, 1.54) is 0 Å². The Hall–Kier alpha value is 0.0700. The third-order valence-corrected chi connectivity index (χ3v) is 3.39. The predicted molar refractivity (Wildman–Crippen MR) is 60.0 cm³/mol. The average molecular weight is 219 g/mol. The summed E-state index contributed by atoms with van der Waals surface area (Å²) in [5.41, 5.74) is 0. The smallest absolute Gasteiger partial charge is 0.0561 e. The van der Waals surface area contributed by atoms with Crippen LogP contribution in [0.2, 0.25) is 0 Å². The average Bonchev–Trinajstić information content (AvgIpc) is 2.12. The largest absolute Gasteiger partial charge is 0.378 e. The Balaban J connectivity index is 2.03. The molecule has 1 heterocycles. The molecule has 1 fully saturated rings. The van der Waals surface area contributed by atoms with Gasteiger partial charge in [-0.25, -0.2) is 0 Å². The highest BCUT2D eigenvalue weighted by Crippen LogP contribution is 2.12. The fourth-order valence-corrected chi connectivity index (χ4v) is 2.32. The normalized spacial score (nSPS) is 30.1. The molecule has 14 heavy (non-hydrogen) atoms. The SMILES string of the molecule is CC1CC(NCCCS(C)=O)CCO1. The lowest BCUT2D eigenvalue weighted by Gasteiger charge is -2.28. The number of rotatable bonds is 5. The Morgan fingerprint density at radius 3 is 3.00 bits per heavy atom. The van der Waals surface area contributed by atoms with Crippen LogP contribution in [0, 0.1) is 0 Å². The van der Waals surface area contributed by atoms with E-state index in [-0.39, 0.29) is 0 Å². The summed E-state index contributed by atoms with van der Waals surface area (Å²) < 4.78 is 16.3. The molecule has 3 atom stereocenters. The van der Waals surface area contributed by atoms with E-state index in [9.17, 15) is 4.21 Å². The van der Waals surface area contributed by atoms with Crippen molar-refractivity contribution in [1.29, 1.82) is 0 Å². The molecule has 0 aromatic rings. The highest BCUT2D eigenvalue weighted by molar-refractivity contribution is 7.84. The van der Waals surface area contributed by atoms with Gasteiger partial charge in [0, 0.05) is 35.5 Å². The molecule has 1 saturated heterocycles. The molecule has 4 heteroatoms. The summed E-state index contributed by atoms with van der Waals surface area (Å²) in [6.07, 6.45) is 5.38. The quantitative estimate of drug-likeness (QED) is 0.699. The second kappa shape index (κ2) is 6.53. The van der Waals surface area contributed by atoms with Gasteiger partial charge in [0.2, 0.25) is 0 Å². The lowest BCUT2D eigenvalue weighted by Crippen LogP contribution is -2.38. The first-order valence-electron chi connectivity index (χ1n) is 5.33. The fourth-order valence-electron chi connectivity index (χ4n) is 1.77. The van der Waals surface area contributed by atoms with Crippen molar-refractivity contribution in [2.75, 3.05) is 25.2 Å². The number of hydrogen-bond acceptors (Lipinski definition) is 3. The van der Waals surface area contributed by atoms with Crippen LogP contribution in [0.15, 0.2) is 0 Å². The molecular formula is C10H21NO2S. The lowest BCUT2D eigenvalue weighted by atomic mass is 10.0. The van der Waals surface area contributed by atoms with Crippen LogP contribution in [0.3, 0.4) is 0 Å². The van der Waals surface area contributed by atoms with Crippen LogP contribution in [0.25, 0.3) is 0 Å². The summed E-state index contributed by atoms with van der Waals surface area (Å²) >= 11 is 0. The van der Waals surface area contributed by atoms with Crippen LogP contribution in [-0.4, -0.2) is 41.5 Å². The Bertz CT molecular complexity index is 187. The molecule has 0 bridgehead atoms. The van der Waals surface area contributed by atoms with Gasteiger partial charge in [0.15, 0.2) is 0 Å². The molecule has 0 amide bonds. The van der Waals surface area contributed by atoms with E-state index >= 15 is 0 Å². The van der Waals surface area contributed by atoms with Gasteiger partial charge in [-0.3, -0.25) is 4.21 Å². The minimum atomic E-state index is -0.644. The highest BCUT2D eigenvalue weighted by atomic mass is 32.2. The predicted octanol–water partition coefficient (Wildman–Crippen LogP) is 0.912. The van der Waals surface area contributed by atoms with Crippen LogP contribution < -0.4 is 5.32 Å². The maximum Gasteiger partial charge on any atom is 0.0561 e. The number of ether oxygens (including phenoxy) is 1. The zero-order valence-corrected chi connectivity index (χ0v) is 9.94. The highest BCUT2D eigenvalue weighted by Gasteiger charge is 2.17. The molecule has 1 N–H and O–H groups in total. The molecule has 0 aliphatic carbocycles. The molecular weight excluding hydrogens is 198 g/mol. The monoisotopic (exact) mass is 219 g/mol. The minimum Gasteiger partial charge on any atom is -0.378 e. The molecule has 1 aliphatic heterocycles. The zero-order chi connectivity index (χ0) is 10.4. The Labute approximate surface area is 89.1 Å². The summed E-state index contributed by atoms with van der Waals surface area (Å²) in [5, 5.41) is 3.49. The van der Waals surface area contributed by atoms with E-state index in [1.54, 1.807) is 6.26 Å². The second-order valence-corrected chi connectivity index (χ2v) is 5.54. The molecule has 0 spiro atoms. The van der Waals surface area contributed by atoms with Gasteiger partial charge in [-0.2, -0.15) is 0 Å². The summed E-state index contributed by atoms with van der Waals surface area (Å²) in [5.74, 6) is 0.811. The van der Waals surface area contributed by atoms with Gasteiger partial charge >= 0.3 is 0 Å². The molecule has 84 valence electrons. The van der Waals surface area contributed by atoms with Gasteiger partial charge in [-0.15, -0.1) is 0 Å². The molecule has 1 rings (SSSR count). The fraction of sp³-hybridized carbons (Fsp3) is 1.00. The second-order valence-electron chi connectivity index (χ2n) is 3.99. The van der Waals surface area contributed by atoms with Crippen LogP contribution in [0.1, 0.15) is 26.2 Å². The third kappa shape index (κ3) is 5.08. The lowest BCUT2D eigenvalue weighted by molar-refractivity contribution is 0.0135. The molecule has 3 nitrogen and oxygen atoms in total. The van der Waals surface area contributed by atoms with Crippen molar-refractivity contribution in [3.8, 4) is 0 Å². The van der Waals surface area contributed by atoms with Crippen LogP contribution in [-0.2, 0) is 15.5 Å². The van der Waals surface area contributed by atoms with Crippen molar-refractivity contribution in [2.24, 2.45) is 0 Å². The van der Waals surface area contributed by atoms with E-state index in [1.807, 2.05) is 0 Å². The first kappa shape index (κ1) is 12.1. The van der Waals surface area contributed by atoms with Crippen molar-refractivity contribution < 1.29 is 8.95 Å². The topological polar surface area (TPSA) is 38.3 Å². The molecule has 1 aliphatic rings. The maximum atomic E-state index is 10.8. The third-order valence-electron chi connectivity index (χ3n) is 2.53. The first-order valence-corrected chi connectivity index (χ1v) is 7.06. The van der Waals surface area contributed by atoms with Crippen molar-refractivity contribution in [2.45, 2.75) is 38.3 Å². The molecule has 0 saturated carbocycles. The van der Waals surface area contributed by atoms with Crippen molar-refractivity contribution in [1.82, 2.24) is 5.32 Å². The van der Waals surface area contributed by atoms with Crippen LogP contribution in [0.5, 0.6) is 0 Å². The minimum absolute atomic E-state index is 0.390. The van der Waals surface area contributed by atoms with Crippen molar-refractivity contribution in [3.05, 3.63) is 0 Å². The van der Waals surface area contributed by atoms with Crippen molar-refractivity contribution in [3.63, 3.8) is 0 Å². The van der Waals surface area contributed by atoms with E-state index in [0.29, 0.717) is 12.1 Å². The number of nitrogens with one attached hydrogen (secondary N) is 1. The standard InChI is InChI=1S/C10H21NO2S/c1-9-8-10(4-6-13-9)11-5-3-7-14(2)12/h9-11H,3-8H2,1-2H3. The van der Waals surface area contributed by atoms with Crippen LogP contribution >= 0.6 is 0 Å². The van der Waals surface area contributed by atoms with Gasteiger partial charge in [0.05, 0.1) is 6.10 Å². The Kier molecular flexibility index (Phi) is 5.67. The number of hydrogen-bond donors (Lipinski definition) is 1. The summed E-state index contributed by atoms with van der Waals surface area (Å²) in [6.45, 7) is 3.98. The van der Waals surface area contributed by atoms with Crippen LogP contribution in [0.4, 0.5) is 0 Å².